The molecule has 2 rings (SSSR count). The van der Waals surface area contributed by atoms with Crippen LogP contribution in [0.2, 0.25) is 0 Å². The van der Waals surface area contributed by atoms with E-state index in [0.717, 1.165) is 11.5 Å². The molecule has 2 heterocycles. The minimum Gasteiger partial charge on any atom is -0.383 e. The maximum Gasteiger partial charge on any atom is 0.160 e. The quantitative estimate of drug-likeness (QED) is 0.841. The second-order valence-corrected chi connectivity index (χ2v) is 4.73. The van der Waals surface area contributed by atoms with Gasteiger partial charge in [-0.05, 0) is 18.1 Å². The molecular formula is C13H20N4O. The van der Waals surface area contributed by atoms with E-state index in [9.17, 15) is 0 Å². The zero-order valence-corrected chi connectivity index (χ0v) is 11.1. The second-order valence-electron chi connectivity index (χ2n) is 4.73. The summed E-state index contributed by atoms with van der Waals surface area (Å²) in [5.74, 6) is 1.44. The first-order valence-electron chi connectivity index (χ1n) is 6.23. The van der Waals surface area contributed by atoms with Crippen LogP contribution in [0.1, 0.15) is 19.7 Å². The zero-order chi connectivity index (χ0) is 13.0. The molecule has 0 aromatic carbocycles. The van der Waals surface area contributed by atoms with Gasteiger partial charge in [-0.15, -0.1) is 10.2 Å². The standard InChI is InChI=1S/C13H20N4O/c1-10(2)11(9-18-3)14-8-13-16-15-12-6-4-5-7-17(12)13/h4-7,10-11,14H,8-9H2,1-3H3. The van der Waals surface area contributed by atoms with Crippen molar-refractivity contribution in [3.05, 3.63) is 30.2 Å². The van der Waals surface area contributed by atoms with Crippen LogP contribution >= 0.6 is 0 Å². The van der Waals surface area contributed by atoms with E-state index in [1.165, 1.54) is 0 Å². The van der Waals surface area contributed by atoms with Gasteiger partial charge in [-0.2, -0.15) is 0 Å². The van der Waals surface area contributed by atoms with Crippen LogP contribution in [0.25, 0.3) is 5.65 Å². The molecule has 0 saturated carbocycles. The van der Waals surface area contributed by atoms with E-state index in [4.69, 9.17) is 4.74 Å². The van der Waals surface area contributed by atoms with Crippen molar-refractivity contribution in [2.75, 3.05) is 13.7 Å². The number of ether oxygens (including phenoxy) is 1. The summed E-state index contributed by atoms with van der Waals surface area (Å²) in [6.07, 6.45) is 1.98. The number of aromatic nitrogens is 3. The molecule has 1 N–H and O–H groups in total. The molecular weight excluding hydrogens is 228 g/mol. The predicted octanol–water partition coefficient (Wildman–Crippen LogP) is 1.49. The first-order chi connectivity index (χ1) is 8.72. The predicted molar refractivity (Wildman–Crippen MR) is 70.3 cm³/mol. The molecule has 0 fully saturated rings. The monoisotopic (exact) mass is 248 g/mol. The Bertz CT molecular complexity index is 494. The Morgan fingerprint density at radius 2 is 2.17 bits per heavy atom. The van der Waals surface area contributed by atoms with Crippen molar-refractivity contribution in [1.82, 2.24) is 19.9 Å². The summed E-state index contributed by atoms with van der Waals surface area (Å²) in [4.78, 5) is 0. The summed E-state index contributed by atoms with van der Waals surface area (Å²) < 4.78 is 7.21. The number of methoxy groups -OCH3 is 1. The molecule has 0 spiro atoms. The molecule has 1 unspecified atom stereocenters. The van der Waals surface area contributed by atoms with E-state index in [1.54, 1.807) is 7.11 Å². The largest absolute Gasteiger partial charge is 0.383 e. The van der Waals surface area contributed by atoms with Gasteiger partial charge >= 0.3 is 0 Å². The highest BCUT2D eigenvalue weighted by Crippen LogP contribution is 2.06. The Balaban J connectivity index is 2.05. The van der Waals surface area contributed by atoms with Crippen molar-refractivity contribution >= 4 is 5.65 Å². The van der Waals surface area contributed by atoms with Crippen LogP contribution < -0.4 is 5.32 Å². The smallest absolute Gasteiger partial charge is 0.160 e. The van der Waals surface area contributed by atoms with Gasteiger partial charge < -0.3 is 10.1 Å². The van der Waals surface area contributed by atoms with Crippen molar-refractivity contribution in [2.45, 2.75) is 26.4 Å². The fraction of sp³-hybridized carbons (Fsp3) is 0.538. The Hall–Kier alpha value is -1.46. The molecule has 0 amide bonds. The minimum absolute atomic E-state index is 0.325. The van der Waals surface area contributed by atoms with Crippen LogP contribution in [0.3, 0.4) is 0 Å². The fourth-order valence-electron chi connectivity index (χ4n) is 1.90. The maximum atomic E-state index is 5.22. The zero-order valence-electron chi connectivity index (χ0n) is 11.1. The minimum atomic E-state index is 0.325. The molecule has 1 atom stereocenters. The van der Waals surface area contributed by atoms with Gasteiger partial charge in [0.1, 0.15) is 0 Å². The Labute approximate surface area is 107 Å². The van der Waals surface area contributed by atoms with Crippen molar-refractivity contribution < 1.29 is 4.74 Å². The van der Waals surface area contributed by atoms with Crippen molar-refractivity contribution in [2.24, 2.45) is 5.92 Å². The third-order valence-electron chi connectivity index (χ3n) is 3.06. The average Bonchev–Trinajstić information content (AvgIpc) is 2.77. The summed E-state index contributed by atoms with van der Waals surface area (Å²) in [5, 5.41) is 11.8. The van der Waals surface area contributed by atoms with E-state index < -0.39 is 0 Å². The number of rotatable bonds is 6. The van der Waals surface area contributed by atoms with Crippen LogP contribution in [0, 0.1) is 5.92 Å². The van der Waals surface area contributed by atoms with E-state index in [1.807, 2.05) is 28.8 Å². The number of hydrogen-bond acceptors (Lipinski definition) is 4. The summed E-state index contributed by atoms with van der Waals surface area (Å²) >= 11 is 0. The van der Waals surface area contributed by atoms with Gasteiger partial charge in [0.25, 0.3) is 0 Å². The van der Waals surface area contributed by atoms with Gasteiger partial charge in [-0.1, -0.05) is 19.9 Å². The van der Waals surface area contributed by atoms with Crippen molar-refractivity contribution in [3.8, 4) is 0 Å². The second kappa shape index (κ2) is 5.93. The first-order valence-corrected chi connectivity index (χ1v) is 6.23. The normalized spacial score (nSPS) is 13.3. The average molecular weight is 248 g/mol. The molecule has 98 valence electrons. The van der Waals surface area contributed by atoms with E-state index in [-0.39, 0.29) is 0 Å². The van der Waals surface area contributed by atoms with Gasteiger partial charge in [0.05, 0.1) is 13.2 Å². The van der Waals surface area contributed by atoms with Crippen LogP contribution in [0.15, 0.2) is 24.4 Å². The summed E-state index contributed by atoms with van der Waals surface area (Å²) in [6, 6.07) is 6.22. The molecule has 0 aliphatic rings. The highest BCUT2D eigenvalue weighted by molar-refractivity contribution is 5.36. The molecule has 18 heavy (non-hydrogen) atoms. The molecule has 0 aliphatic carbocycles. The third-order valence-corrected chi connectivity index (χ3v) is 3.06. The van der Waals surface area contributed by atoms with E-state index in [2.05, 4.69) is 29.4 Å². The number of nitrogens with zero attached hydrogens (tertiary/aromatic N) is 3. The number of nitrogens with one attached hydrogen (secondary N) is 1. The van der Waals surface area contributed by atoms with E-state index >= 15 is 0 Å². The third kappa shape index (κ3) is 2.86. The van der Waals surface area contributed by atoms with Crippen LogP contribution in [-0.4, -0.2) is 34.4 Å². The highest BCUT2D eigenvalue weighted by atomic mass is 16.5. The van der Waals surface area contributed by atoms with Gasteiger partial charge in [0, 0.05) is 19.3 Å². The molecule has 2 aromatic heterocycles. The van der Waals surface area contributed by atoms with Gasteiger partial charge in [-0.3, -0.25) is 4.40 Å². The number of fused-ring (bicyclic) bond motifs is 1. The summed E-state index contributed by atoms with van der Waals surface area (Å²) in [5.41, 5.74) is 0.877. The SMILES string of the molecule is COCC(NCc1nnc2ccccn12)C(C)C. The van der Waals surface area contributed by atoms with Gasteiger partial charge in [0.2, 0.25) is 0 Å². The Morgan fingerprint density at radius 3 is 2.89 bits per heavy atom. The first kappa shape index (κ1) is 13.0. The molecule has 5 heteroatoms. The molecule has 5 nitrogen and oxygen atoms in total. The van der Waals surface area contributed by atoms with Crippen LogP contribution in [0.5, 0.6) is 0 Å². The van der Waals surface area contributed by atoms with Gasteiger partial charge in [0.15, 0.2) is 11.5 Å². The lowest BCUT2D eigenvalue weighted by Gasteiger charge is -2.20. The summed E-state index contributed by atoms with van der Waals surface area (Å²) in [7, 11) is 1.73. The highest BCUT2D eigenvalue weighted by Gasteiger charge is 2.13. The van der Waals surface area contributed by atoms with E-state index in [0.29, 0.717) is 25.1 Å². The van der Waals surface area contributed by atoms with Crippen molar-refractivity contribution in [3.63, 3.8) is 0 Å². The maximum absolute atomic E-state index is 5.22. The lowest BCUT2D eigenvalue weighted by Crippen LogP contribution is -2.37. The lowest BCUT2D eigenvalue weighted by atomic mass is 10.1. The molecule has 2 aromatic rings. The molecule has 0 bridgehead atoms. The van der Waals surface area contributed by atoms with Crippen LogP contribution in [-0.2, 0) is 11.3 Å². The Kier molecular flexibility index (Phi) is 4.28. The fourth-order valence-corrected chi connectivity index (χ4v) is 1.90. The summed E-state index contributed by atoms with van der Waals surface area (Å²) in [6.45, 7) is 5.75. The van der Waals surface area contributed by atoms with Gasteiger partial charge in [-0.25, -0.2) is 0 Å². The van der Waals surface area contributed by atoms with Crippen LogP contribution in [0.4, 0.5) is 0 Å². The number of pyridine rings is 1. The molecule has 0 radical (unpaired) electrons. The number of hydrogen-bond donors (Lipinski definition) is 1. The molecule has 0 saturated heterocycles. The topological polar surface area (TPSA) is 51.5 Å². The van der Waals surface area contributed by atoms with Crippen molar-refractivity contribution in [1.29, 1.82) is 0 Å². The lowest BCUT2D eigenvalue weighted by molar-refractivity contribution is 0.146. The molecule has 0 aliphatic heterocycles. The Morgan fingerprint density at radius 1 is 1.33 bits per heavy atom.